The molecule has 0 bridgehead atoms. The van der Waals surface area contributed by atoms with E-state index < -0.39 is 47.2 Å². The van der Waals surface area contributed by atoms with E-state index in [9.17, 15) is 30.0 Å². The van der Waals surface area contributed by atoms with E-state index in [-0.39, 0.29) is 24.3 Å². The van der Waals surface area contributed by atoms with Gasteiger partial charge in [-0.25, -0.2) is 16.8 Å². The minimum Gasteiger partial charge on any atom is -0.373 e. The van der Waals surface area contributed by atoms with Crippen LogP contribution in [0.5, 0.6) is 0 Å². The number of benzene rings is 2. The Morgan fingerprint density at radius 1 is 1.00 bits per heavy atom. The van der Waals surface area contributed by atoms with E-state index in [4.69, 9.17) is 4.74 Å². The summed E-state index contributed by atoms with van der Waals surface area (Å²) in [5, 5.41) is 0. The number of halogens is 3. The summed E-state index contributed by atoms with van der Waals surface area (Å²) in [5.41, 5.74) is -0.528. The average molecular weight is 463 g/mol. The summed E-state index contributed by atoms with van der Waals surface area (Å²) in [4.78, 5) is -0.318. The fourth-order valence-corrected chi connectivity index (χ4v) is 6.01. The van der Waals surface area contributed by atoms with E-state index in [0.717, 1.165) is 24.5 Å². The molecule has 1 saturated heterocycles. The summed E-state index contributed by atoms with van der Waals surface area (Å²) in [5.74, 6) is 0. The van der Waals surface area contributed by atoms with Crippen molar-refractivity contribution in [3.8, 4) is 0 Å². The predicted molar refractivity (Wildman–Crippen MR) is 105 cm³/mol. The number of hydrogen-bond donors (Lipinski definition) is 0. The number of alkyl halides is 3. The maximum atomic E-state index is 13.3. The van der Waals surface area contributed by atoms with Gasteiger partial charge in [0.25, 0.3) is 0 Å². The molecule has 0 saturated carbocycles. The lowest BCUT2D eigenvalue weighted by Gasteiger charge is -2.38. The van der Waals surface area contributed by atoms with Crippen LogP contribution < -0.4 is 0 Å². The van der Waals surface area contributed by atoms with Gasteiger partial charge in [-0.1, -0.05) is 18.2 Å². The molecule has 0 radical (unpaired) electrons. The monoisotopic (exact) mass is 462 g/mol. The molecule has 2 unspecified atom stereocenters. The molecule has 164 valence electrons. The number of sulfone groups is 2. The van der Waals surface area contributed by atoms with Crippen LogP contribution in [0.3, 0.4) is 0 Å². The molecule has 1 heterocycles. The first kappa shape index (κ1) is 22.8. The van der Waals surface area contributed by atoms with Gasteiger partial charge < -0.3 is 4.74 Å². The van der Waals surface area contributed by atoms with Crippen molar-refractivity contribution in [1.82, 2.24) is 0 Å². The molecule has 5 nitrogen and oxygen atoms in total. The fourth-order valence-electron chi connectivity index (χ4n) is 3.50. The van der Waals surface area contributed by atoms with Gasteiger partial charge >= 0.3 is 6.18 Å². The molecule has 0 aliphatic carbocycles. The van der Waals surface area contributed by atoms with Gasteiger partial charge in [0.1, 0.15) is 0 Å². The first-order chi connectivity index (χ1) is 13.7. The maximum Gasteiger partial charge on any atom is 0.416 e. The molecule has 10 heteroatoms. The number of rotatable bonds is 4. The van der Waals surface area contributed by atoms with Crippen LogP contribution in [0.15, 0.2) is 58.3 Å². The minimum atomic E-state index is -4.66. The molecule has 0 spiro atoms. The zero-order chi connectivity index (χ0) is 22.4. The molecule has 3 rings (SSSR count). The van der Waals surface area contributed by atoms with Crippen molar-refractivity contribution in [2.75, 3.05) is 12.9 Å². The zero-order valence-corrected chi connectivity index (χ0v) is 17.9. The number of hydrogen-bond acceptors (Lipinski definition) is 5. The molecular weight excluding hydrogens is 441 g/mol. The SMILES string of the molecule is CC1(S(=O)(=O)c2cccc(C(F)(F)F)c2)CCOC(c2cccc(S(C)(=O)=O)c2)C1. The van der Waals surface area contributed by atoms with Crippen LogP contribution in [0.4, 0.5) is 13.2 Å². The molecule has 1 fully saturated rings. The highest BCUT2D eigenvalue weighted by molar-refractivity contribution is 7.92. The molecule has 0 amide bonds. The third kappa shape index (κ3) is 4.40. The average Bonchev–Trinajstić information content (AvgIpc) is 2.67. The summed E-state index contributed by atoms with van der Waals surface area (Å²) in [6, 6.07) is 9.75. The van der Waals surface area contributed by atoms with Gasteiger partial charge in [-0.2, -0.15) is 13.2 Å². The molecule has 1 aliphatic rings. The predicted octanol–water partition coefficient (Wildman–Crippen LogP) is 4.19. The van der Waals surface area contributed by atoms with Gasteiger partial charge in [0, 0.05) is 12.9 Å². The van der Waals surface area contributed by atoms with E-state index >= 15 is 0 Å². The van der Waals surface area contributed by atoms with Crippen molar-refractivity contribution in [2.45, 2.75) is 46.6 Å². The Morgan fingerprint density at radius 2 is 1.63 bits per heavy atom. The molecule has 2 atom stereocenters. The Morgan fingerprint density at radius 3 is 2.27 bits per heavy atom. The Labute approximate surface area is 173 Å². The van der Waals surface area contributed by atoms with Gasteiger partial charge in [-0.05, 0) is 55.7 Å². The second-order valence-electron chi connectivity index (χ2n) is 7.64. The van der Waals surface area contributed by atoms with E-state index in [1.165, 1.54) is 19.1 Å². The first-order valence-corrected chi connectivity index (χ1v) is 12.4. The molecule has 30 heavy (non-hydrogen) atoms. The van der Waals surface area contributed by atoms with Gasteiger partial charge in [0.2, 0.25) is 0 Å². The fraction of sp³-hybridized carbons (Fsp3) is 0.400. The van der Waals surface area contributed by atoms with Crippen molar-refractivity contribution in [3.05, 3.63) is 59.7 Å². The lowest BCUT2D eigenvalue weighted by atomic mass is 9.92. The Bertz CT molecular complexity index is 1160. The van der Waals surface area contributed by atoms with Gasteiger partial charge in [-0.15, -0.1) is 0 Å². The quantitative estimate of drug-likeness (QED) is 0.681. The third-order valence-electron chi connectivity index (χ3n) is 5.35. The van der Waals surface area contributed by atoms with Crippen LogP contribution in [-0.2, 0) is 30.6 Å². The molecule has 1 aliphatic heterocycles. The molecule has 0 N–H and O–H groups in total. The van der Waals surface area contributed by atoms with Gasteiger partial charge in [0.15, 0.2) is 19.7 Å². The van der Waals surface area contributed by atoms with Crippen LogP contribution in [0, 0.1) is 0 Å². The van der Waals surface area contributed by atoms with Crippen molar-refractivity contribution in [1.29, 1.82) is 0 Å². The maximum absolute atomic E-state index is 13.3. The van der Waals surface area contributed by atoms with Gasteiger partial charge in [-0.3, -0.25) is 0 Å². The summed E-state index contributed by atoms with van der Waals surface area (Å²) >= 11 is 0. The van der Waals surface area contributed by atoms with E-state index in [2.05, 4.69) is 0 Å². The number of ether oxygens (including phenoxy) is 1. The molecule has 2 aromatic rings. The van der Waals surface area contributed by atoms with Crippen molar-refractivity contribution in [2.24, 2.45) is 0 Å². The van der Waals surface area contributed by atoms with E-state index in [0.29, 0.717) is 11.6 Å². The lowest BCUT2D eigenvalue weighted by Crippen LogP contribution is -2.42. The Balaban J connectivity index is 1.97. The second kappa shape index (κ2) is 7.65. The van der Waals surface area contributed by atoms with Crippen LogP contribution in [0.1, 0.15) is 37.0 Å². The summed E-state index contributed by atoms with van der Waals surface area (Å²) in [6.45, 7) is 1.56. The molecule has 0 aromatic heterocycles. The highest BCUT2D eigenvalue weighted by Gasteiger charge is 2.45. The zero-order valence-electron chi connectivity index (χ0n) is 16.3. The smallest absolute Gasteiger partial charge is 0.373 e. The second-order valence-corrected chi connectivity index (χ2v) is 12.1. The van der Waals surface area contributed by atoms with Crippen LogP contribution in [0.2, 0.25) is 0 Å². The normalized spacial score (nSPS) is 23.3. The third-order valence-corrected chi connectivity index (χ3v) is 9.00. The lowest BCUT2D eigenvalue weighted by molar-refractivity contribution is -0.137. The largest absolute Gasteiger partial charge is 0.416 e. The highest BCUT2D eigenvalue weighted by Crippen LogP contribution is 2.43. The highest BCUT2D eigenvalue weighted by atomic mass is 32.2. The van der Waals surface area contributed by atoms with Crippen molar-refractivity contribution >= 4 is 19.7 Å². The van der Waals surface area contributed by atoms with Crippen LogP contribution >= 0.6 is 0 Å². The van der Waals surface area contributed by atoms with Gasteiger partial charge in [0.05, 0.1) is 26.2 Å². The first-order valence-electron chi connectivity index (χ1n) is 9.08. The summed E-state index contributed by atoms with van der Waals surface area (Å²) < 4.78 is 93.7. The minimum absolute atomic E-state index is 0.0151. The van der Waals surface area contributed by atoms with Crippen LogP contribution in [0.25, 0.3) is 0 Å². The van der Waals surface area contributed by atoms with Crippen LogP contribution in [-0.4, -0.2) is 34.4 Å². The molecular formula is C20H21F3O5S2. The topological polar surface area (TPSA) is 77.5 Å². The van der Waals surface area contributed by atoms with Crippen molar-refractivity contribution in [3.63, 3.8) is 0 Å². The molecule has 2 aromatic carbocycles. The van der Waals surface area contributed by atoms with Crippen molar-refractivity contribution < 1.29 is 34.7 Å². The van der Waals surface area contributed by atoms with E-state index in [1.807, 2.05) is 0 Å². The Kier molecular flexibility index (Phi) is 5.81. The Hall–Kier alpha value is -1.91. The standard InChI is InChI=1S/C20H21F3O5S2/c1-19(30(26,27)17-8-4-6-15(12-17)20(21,22)23)9-10-28-18(13-19)14-5-3-7-16(11-14)29(2,24)25/h3-8,11-12,18H,9-10,13H2,1-2H3. The summed E-state index contributed by atoms with van der Waals surface area (Å²) in [7, 11) is -7.59. The summed E-state index contributed by atoms with van der Waals surface area (Å²) in [6.07, 6.45) is -4.20. The van der Waals surface area contributed by atoms with E-state index in [1.54, 1.807) is 12.1 Å².